The van der Waals surface area contributed by atoms with Crippen LogP contribution < -0.4 is 0 Å². The molecule has 0 fully saturated rings. The van der Waals surface area contributed by atoms with Gasteiger partial charge in [0, 0.05) is 0 Å². The van der Waals surface area contributed by atoms with E-state index in [2.05, 4.69) is 25.7 Å². The minimum atomic E-state index is -0.856. The van der Waals surface area contributed by atoms with Crippen molar-refractivity contribution in [1.82, 2.24) is 4.90 Å². The summed E-state index contributed by atoms with van der Waals surface area (Å²) in [6.07, 6.45) is 1.26. The Morgan fingerprint density at radius 3 is 2.08 bits per heavy atom. The summed E-state index contributed by atoms with van der Waals surface area (Å²) in [6, 6.07) is 2.57. The largest absolute Gasteiger partial charge is 0.304 e. The van der Waals surface area contributed by atoms with Gasteiger partial charge < -0.3 is 4.90 Å². The Balaban J connectivity index is 3.37. The monoisotopic (exact) mass is 207 g/mol. The van der Waals surface area contributed by atoms with Crippen molar-refractivity contribution in [2.45, 2.75) is 39.3 Å². The average molecular weight is 208 g/mol. The third-order valence-corrected chi connectivity index (χ3v) is 5.65. The van der Waals surface area contributed by atoms with E-state index >= 15 is 0 Å². The van der Waals surface area contributed by atoms with Crippen molar-refractivity contribution in [3.63, 3.8) is 0 Å². The molecule has 1 nitrogen and oxygen atoms in total. The summed E-state index contributed by atoms with van der Waals surface area (Å²) in [5.74, 6) is 0. The standard InChI is InChI=1S/C9H22ClNSi/c1-4-8-12(10)9-7-11(5-2)6-3/h12H,4-9H2,1-3H3. The van der Waals surface area contributed by atoms with Crippen LogP contribution in [0.15, 0.2) is 0 Å². The Kier molecular flexibility index (Phi) is 8.40. The van der Waals surface area contributed by atoms with Gasteiger partial charge >= 0.3 is 0 Å². The number of hydrogen-bond acceptors (Lipinski definition) is 1. The lowest BCUT2D eigenvalue weighted by molar-refractivity contribution is 0.320. The lowest BCUT2D eigenvalue weighted by Crippen LogP contribution is -2.26. The molecule has 3 heteroatoms. The van der Waals surface area contributed by atoms with Crippen LogP contribution in [0.25, 0.3) is 0 Å². The summed E-state index contributed by atoms with van der Waals surface area (Å²) in [5, 5.41) is 0. The maximum absolute atomic E-state index is 6.25. The van der Waals surface area contributed by atoms with Gasteiger partial charge in [-0.1, -0.05) is 27.2 Å². The number of rotatable bonds is 7. The number of halogens is 1. The van der Waals surface area contributed by atoms with Crippen LogP contribution in [0.2, 0.25) is 12.1 Å². The first-order chi connectivity index (χ1) is 5.74. The van der Waals surface area contributed by atoms with Crippen molar-refractivity contribution in [3.8, 4) is 0 Å². The van der Waals surface area contributed by atoms with E-state index < -0.39 is 8.11 Å². The topological polar surface area (TPSA) is 3.24 Å². The molecule has 0 spiro atoms. The fourth-order valence-electron chi connectivity index (χ4n) is 1.32. The molecule has 0 saturated heterocycles. The van der Waals surface area contributed by atoms with E-state index in [0.717, 1.165) is 0 Å². The molecule has 0 aliphatic carbocycles. The molecule has 1 atom stereocenters. The van der Waals surface area contributed by atoms with Gasteiger partial charge in [0.1, 0.15) is 8.11 Å². The molecule has 0 amide bonds. The van der Waals surface area contributed by atoms with E-state index in [9.17, 15) is 0 Å². The van der Waals surface area contributed by atoms with Gasteiger partial charge in [-0.3, -0.25) is 0 Å². The molecular weight excluding hydrogens is 186 g/mol. The van der Waals surface area contributed by atoms with Crippen molar-refractivity contribution in [2.75, 3.05) is 19.6 Å². The van der Waals surface area contributed by atoms with Crippen LogP contribution in [0.5, 0.6) is 0 Å². The Morgan fingerprint density at radius 1 is 1.08 bits per heavy atom. The molecule has 0 aliphatic rings. The predicted octanol–water partition coefficient (Wildman–Crippen LogP) is 2.70. The zero-order chi connectivity index (χ0) is 9.40. The van der Waals surface area contributed by atoms with Gasteiger partial charge in [-0.25, -0.2) is 0 Å². The molecule has 0 aromatic rings. The second-order valence-electron chi connectivity index (χ2n) is 3.20. The van der Waals surface area contributed by atoms with E-state index in [4.69, 9.17) is 11.1 Å². The smallest absolute Gasteiger partial charge is 0.142 e. The van der Waals surface area contributed by atoms with Crippen molar-refractivity contribution in [1.29, 1.82) is 0 Å². The van der Waals surface area contributed by atoms with Gasteiger partial charge in [0.25, 0.3) is 0 Å². The van der Waals surface area contributed by atoms with E-state index in [1.165, 1.54) is 38.1 Å². The highest BCUT2D eigenvalue weighted by atomic mass is 35.6. The highest BCUT2D eigenvalue weighted by Gasteiger charge is 2.07. The van der Waals surface area contributed by atoms with Crippen LogP contribution in [0, 0.1) is 0 Å². The quantitative estimate of drug-likeness (QED) is 0.459. The SMILES string of the molecule is CCC[SiH](Cl)CCN(CC)CC. The first-order valence-corrected chi connectivity index (χ1v) is 8.48. The Morgan fingerprint density at radius 2 is 1.67 bits per heavy atom. The van der Waals surface area contributed by atoms with Crippen molar-refractivity contribution in [2.24, 2.45) is 0 Å². The van der Waals surface area contributed by atoms with Crippen molar-refractivity contribution < 1.29 is 0 Å². The van der Waals surface area contributed by atoms with Crippen LogP contribution in [0.4, 0.5) is 0 Å². The van der Waals surface area contributed by atoms with Crippen LogP contribution in [0.1, 0.15) is 27.2 Å². The van der Waals surface area contributed by atoms with E-state index in [1.807, 2.05) is 0 Å². The van der Waals surface area contributed by atoms with Gasteiger partial charge in [-0.15, -0.1) is 0 Å². The normalized spacial score (nSPS) is 13.8. The third-order valence-electron chi connectivity index (χ3n) is 2.25. The fourth-order valence-corrected chi connectivity index (χ4v) is 3.83. The molecule has 0 aromatic carbocycles. The predicted molar refractivity (Wildman–Crippen MR) is 60.7 cm³/mol. The van der Waals surface area contributed by atoms with Crippen molar-refractivity contribution >= 4 is 19.2 Å². The summed E-state index contributed by atoms with van der Waals surface area (Å²) in [7, 11) is -0.856. The summed E-state index contributed by atoms with van der Waals surface area (Å²) < 4.78 is 0. The molecule has 0 N–H and O–H groups in total. The summed E-state index contributed by atoms with van der Waals surface area (Å²) in [5.41, 5.74) is 0. The molecular formula is C9H22ClNSi. The van der Waals surface area contributed by atoms with Crippen LogP contribution in [-0.2, 0) is 0 Å². The lowest BCUT2D eigenvalue weighted by atomic mass is 10.5. The van der Waals surface area contributed by atoms with Crippen LogP contribution in [0.3, 0.4) is 0 Å². The van der Waals surface area contributed by atoms with E-state index in [1.54, 1.807) is 0 Å². The van der Waals surface area contributed by atoms with Crippen LogP contribution in [-0.4, -0.2) is 32.6 Å². The molecule has 0 aromatic heterocycles. The first-order valence-electron chi connectivity index (χ1n) is 5.10. The highest BCUT2D eigenvalue weighted by molar-refractivity contribution is 7.06. The molecule has 12 heavy (non-hydrogen) atoms. The molecule has 0 aliphatic heterocycles. The molecule has 1 unspecified atom stereocenters. The van der Waals surface area contributed by atoms with Gasteiger partial charge in [0.15, 0.2) is 0 Å². The van der Waals surface area contributed by atoms with Crippen molar-refractivity contribution in [3.05, 3.63) is 0 Å². The number of hydrogen-bond donors (Lipinski definition) is 0. The summed E-state index contributed by atoms with van der Waals surface area (Å²) in [4.78, 5) is 2.46. The maximum atomic E-state index is 6.25. The summed E-state index contributed by atoms with van der Waals surface area (Å²) >= 11 is 6.25. The van der Waals surface area contributed by atoms with Gasteiger partial charge in [-0.05, 0) is 31.7 Å². The van der Waals surface area contributed by atoms with Crippen LogP contribution >= 0.6 is 11.1 Å². The number of nitrogens with zero attached hydrogens (tertiary/aromatic N) is 1. The maximum Gasteiger partial charge on any atom is 0.142 e. The second-order valence-corrected chi connectivity index (χ2v) is 7.40. The third kappa shape index (κ3) is 6.04. The highest BCUT2D eigenvalue weighted by Crippen LogP contribution is 2.08. The zero-order valence-electron chi connectivity index (χ0n) is 8.65. The Labute approximate surface area is 83.4 Å². The summed E-state index contributed by atoms with van der Waals surface area (Å²) in [6.45, 7) is 10.2. The fraction of sp³-hybridized carbons (Fsp3) is 1.00. The Bertz CT molecular complexity index is 96.5. The lowest BCUT2D eigenvalue weighted by Gasteiger charge is -2.18. The molecule has 0 rings (SSSR count). The first kappa shape index (κ1) is 12.5. The molecule has 0 radical (unpaired) electrons. The molecule has 0 heterocycles. The van der Waals surface area contributed by atoms with Gasteiger partial charge in [0.05, 0.1) is 0 Å². The minimum absolute atomic E-state index is 0.856. The average Bonchev–Trinajstić information content (AvgIpc) is 2.07. The zero-order valence-corrected chi connectivity index (χ0v) is 10.6. The Hall–Kier alpha value is 0.467. The second kappa shape index (κ2) is 8.08. The van der Waals surface area contributed by atoms with E-state index in [0.29, 0.717) is 0 Å². The van der Waals surface area contributed by atoms with Gasteiger partial charge in [-0.2, -0.15) is 11.1 Å². The molecule has 0 bridgehead atoms. The molecule has 74 valence electrons. The minimum Gasteiger partial charge on any atom is -0.304 e. The van der Waals surface area contributed by atoms with E-state index in [-0.39, 0.29) is 0 Å². The van der Waals surface area contributed by atoms with Gasteiger partial charge in [0.2, 0.25) is 0 Å². The molecule has 0 saturated carbocycles.